The second kappa shape index (κ2) is 5.85. The number of anilines is 2. The molecule has 104 valence electrons. The van der Waals surface area contributed by atoms with E-state index in [2.05, 4.69) is 20.3 Å². The summed E-state index contributed by atoms with van der Waals surface area (Å²) in [6.45, 7) is 4.35. The third-order valence-corrected chi connectivity index (χ3v) is 3.32. The van der Waals surface area contributed by atoms with Gasteiger partial charge in [0.1, 0.15) is 0 Å². The Morgan fingerprint density at radius 3 is 2.68 bits per heavy atom. The Labute approximate surface area is 116 Å². The number of nitrogens with one attached hydrogen (secondary N) is 1. The predicted molar refractivity (Wildman–Crippen MR) is 70.7 cm³/mol. The Bertz CT molecular complexity index is 435. The van der Waals surface area contributed by atoms with E-state index in [1.807, 2.05) is 4.90 Å². The van der Waals surface area contributed by atoms with Crippen LogP contribution in [-0.4, -0.2) is 60.5 Å². The van der Waals surface area contributed by atoms with E-state index in [0.29, 0.717) is 31.7 Å². The smallest absolute Gasteiger partial charge is 0.231 e. The summed E-state index contributed by atoms with van der Waals surface area (Å²) in [5, 5.41) is 3.44. The lowest BCUT2D eigenvalue weighted by Gasteiger charge is -2.27. The van der Waals surface area contributed by atoms with Crippen molar-refractivity contribution in [2.75, 3.05) is 49.7 Å². The summed E-state index contributed by atoms with van der Waals surface area (Å²) in [4.78, 5) is 14.8. The molecule has 2 saturated heterocycles. The van der Waals surface area contributed by atoms with Crippen LogP contribution in [-0.2, 0) is 9.47 Å². The van der Waals surface area contributed by atoms with E-state index in [9.17, 15) is 0 Å². The SMILES string of the molecule is Clc1nc(NC2CCOC2)nc(N2CCOCC2)n1. The third-order valence-electron chi connectivity index (χ3n) is 3.15. The van der Waals surface area contributed by atoms with Gasteiger partial charge < -0.3 is 19.7 Å². The monoisotopic (exact) mass is 285 g/mol. The molecule has 19 heavy (non-hydrogen) atoms. The quantitative estimate of drug-likeness (QED) is 0.870. The molecule has 2 fully saturated rings. The molecule has 3 rings (SSSR count). The first-order valence-electron chi connectivity index (χ1n) is 6.40. The maximum Gasteiger partial charge on any atom is 0.231 e. The molecule has 0 amide bonds. The highest BCUT2D eigenvalue weighted by Gasteiger charge is 2.19. The summed E-state index contributed by atoms with van der Waals surface area (Å²) < 4.78 is 10.6. The zero-order chi connectivity index (χ0) is 13.1. The minimum Gasteiger partial charge on any atom is -0.379 e. The Morgan fingerprint density at radius 2 is 1.95 bits per heavy atom. The number of hydrogen-bond donors (Lipinski definition) is 1. The van der Waals surface area contributed by atoms with Gasteiger partial charge in [-0.25, -0.2) is 0 Å². The average Bonchev–Trinajstić information content (AvgIpc) is 2.92. The van der Waals surface area contributed by atoms with Gasteiger partial charge in [0.2, 0.25) is 17.2 Å². The molecule has 1 unspecified atom stereocenters. The number of rotatable bonds is 3. The van der Waals surface area contributed by atoms with Crippen LogP contribution in [0.1, 0.15) is 6.42 Å². The molecule has 0 aliphatic carbocycles. The molecule has 0 radical (unpaired) electrons. The fraction of sp³-hybridized carbons (Fsp3) is 0.727. The maximum atomic E-state index is 5.96. The maximum absolute atomic E-state index is 5.96. The van der Waals surface area contributed by atoms with Gasteiger partial charge in [0.25, 0.3) is 0 Å². The highest BCUT2D eigenvalue weighted by molar-refractivity contribution is 6.28. The first-order valence-corrected chi connectivity index (χ1v) is 6.77. The lowest BCUT2D eigenvalue weighted by molar-refractivity contribution is 0.122. The predicted octanol–water partition coefficient (Wildman–Crippen LogP) is 0.562. The molecular formula is C11H16ClN5O2. The summed E-state index contributed by atoms with van der Waals surface area (Å²) in [6.07, 6.45) is 0.955. The first kappa shape index (κ1) is 12.8. The van der Waals surface area contributed by atoms with E-state index in [1.165, 1.54) is 0 Å². The first-order chi connectivity index (χ1) is 9.31. The zero-order valence-electron chi connectivity index (χ0n) is 10.5. The summed E-state index contributed by atoms with van der Waals surface area (Å²) in [7, 11) is 0. The third kappa shape index (κ3) is 3.23. The van der Waals surface area contributed by atoms with E-state index in [4.69, 9.17) is 21.1 Å². The van der Waals surface area contributed by atoms with Crippen molar-refractivity contribution >= 4 is 23.5 Å². The molecule has 2 aliphatic rings. The minimum atomic E-state index is 0.206. The number of aromatic nitrogens is 3. The molecule has 3 heterocycles. The molecule has 1 N–H and O–H groups in total. The number of ether oxygens (including phenoxy) is 2. The standard InChI is InChI=1S/C11H16ClN5O2/c12-9-14-10(13-8-1-4-19-7-8)16-11(15-9)17-2-5-18-6-3-17/h8H,1-7H2,(H,13,14,15,16). The number of nitrogens with zero attached hydrogens (tertiary/aromatic N) is 4. The van der Waals surface area contributed by atoms with Crippen molar-refractivity contribution in [1.29, 1.82) is 0 Å². The van der Waals surface area contributed by atoms with Crippen LogP contribution >= 0.6 is 11.6 Å². The Morgan fingerprint density at radius 1 is 1.11 bits per heavy atom. The van der Waals surface area contributed by atoms with Gasteiger partial charge in [-0.15, -0.1) is 0 Å². The Hall–Kier alpha value is -1.18. The van der Waals surface area contributed by atoms with Crippen LogP contribution in [0.4, 0.5) is 11.9 Å². The topological polar surface area (TPSA) is 72.4 Å². The molecule has 0 bridgehead atoms. The molecule has 2 aliphatic heterocycles. The van der Waals surface area contributed by atoms with E-state index in [1.54, 1.807) is 0 Å². The van der Waals surface area contributed by atoms with Crippen LogP contribution in [0, 0.1) is 0 Å². The second-order valence-electron chi connectivity index (χ2n) is 4.53. The van der Waals surface area contributed by atoms with Gasteiger partial charge >= 0.3 is 0 Å². The normalized spacial score (nSPS) is 23.6. The summed E-state index contributed by atoms with van der Waals surface area (Å²) in [5.41, 5.74) is 0. The van der Waals surface area contributed by atoms with Crippen molar-refractivity contribution in [2.45, 2.75) is 12.5 Å². The molecule has 8 heteroatoms. The molecule has 0 aromatic carbocycles. The summed E-state index contributed by atoms with van der Waals surface area (Å²) >= 11 is 5.96. The minimum absolute atomic E-state index is 0.206. The highest BCUT2D eigenvalue weighted by Crippen LogP contribution is 2.17. The average molecular weight is 286 g/mol. The van der Waals surface area contributed by atoms with Crippen molar-refractivity contribution in [1.82, 2.24) is 15.0 Å². The molecule has 1 aromatic heterocycles. The van der Waals surface area contributed by atoms with Gasteiger partial charge in [0, 0.05) is 19.7 Å². The highest BCUT2D eigenvalue weighted by atomic mass is 35.5. The van der Waals surface area contributed by atoms with E-state index in [-0.39, 0.29) is 11.3 Å². The van der Waals surface area contributed by atoms with E-state index < -0.39 is 0 Å². The van der Waals surface area contributed by atoms with Crippen LogP contribution in [0.3, 0.4) is 0 Å². The molecule has 7 nitrogen and oxygen atoms in total. The summed E-state index contributed by atoms with van der Waals surface area (Å²) in [6, 6.07) is 0.246. The van der Waals surface area contributed by atoms with Gasteiger partial charge in [-0.3, -0.25) is 0 Å². The van der Waals surface area contributed by atoms with Crippen LogP contribution in [0.2, 0.25) is 5.28 Å². The van der Waals surface area contributed by atoms with Crippen LogP contribution in [0.5, 0.6) is 0 Å². The van der Waals surface area contributed by atoms with Crippen LogP contribution in [0.25, 0.3) is 0 Å². The van der Waals surface area contributed by atoms with Crippen molar-refractivity contribution in [2.24, 2.45) is 0 Å². The molecule has 0 saturated carbocycles. The van der Waals surface area contributed by atoms with Gasteiger partial charge in [-0.1, -0.05) is 0 Å². The summed E-state index contributed by atoms with van der Waals surface area (Å²) in [5.74, 6) is 1.11. The van der Waals surface area contributed by atoms with Crippen molar-refractivity contribution in [3.05, 3.63) is 5.28 Å². The lowest BCUT2D eigenvalue weighted by atomic mass is 10.3. The van der Waals surface area contributed by atoms with Crippen LogP contribution in [0.15, 0.2) is 0 Å². The van der Waals surface area contributed by atoms with E-state index >= 15 is 0 Å². The molecular weight excluding hydrogens is 270 g/mol. The zero-order valence-corrected chi connectivity index (χ0v) is 11.3. The lowest BCUT2D eigenvalue weighted by Crippen LogP contribution is -2.37. The fourth-order valence-corrected chi connectivity index (χ4v) is 2.30. The van der Waals surface area contributed by atoms with E-state index in [0.717, 1.165) is 26.1 Å². The molecule has 1 aromatic rings. The number of halogens is 1. The van der Waals surface area contributed by atoms with Crippen molar-refractivity contribution in [3.8, 4) is 0 Å². The largest absolute Gasteiger partial charge is 0.379 e. The van der Waals surface area contributed by atoms with Crippen molar-refractivity contribution < 1.29 is 9.47 Å². The second-order valence-corrected chi connectivity index (χ2v) is 4.87. The Balaban J connectivity index is 1.74. The van der Waals surface area contributed by atoms with Gasteiger partial charge in [0.15, 0.2) is 0 Å². The van der Waals surface area contributed by atoms with Crippen LogP contribution < -0.4 is 10.2 Å². The Kier molecular flexibility index (Phi) is 3.95. The van der Waals surface area contributed by atoms with Gasteiger partial charge in [-0.2, -0.15) is 15.0 Å². The van der Waals surface area contributed by atoms with Gasteiger partial charge in [0.05, 0.1) is 25.9 Å². The molecule has 1 atom stereocenters. The van der Waals surface area contributed by atoms with Crippen molar-refractivity contribution in [3.63, 3.8) is 0 Å². The van der Waals surface area contributed by atoms with Gasteiger partial charge in [-0.05, 0) is 18.0 Å². The number of hydrogen-bond acceptors (Lipinski definition) is 7. The number of morpholine rings is 1. The molecule has 0 spiro atoms. The fourth-order valence-electron chi connectivity index (χ4n) is 2.14.